The van der Waals surface area contributed by atoms with E-state index in [1.165, 1.54) is 32.2 Å². The number of amides is 1. The van der Waals surface area contributed by atoms with Gasteiger partial charge in [-0.3, -0.25) is 9.52 Å². The summed E-state index contributed by atoms with van der Waals surface area (Å²) in [7, 11) is 3.03. The van der Waals surface area contributed by atoms with Crippen LogP contribution in [0.3, 0.4) is 0 Å². The third-order valence-electron chi connectivity index (χ3n) is 6.01. The summed E-state index contributed by atoms with van der Waals surface area (Å²) in [4.78, 5) is 26.2. The number of rotatable bonds is 12. The van der Waals surface area contributed by atoms with Gasteiger partial charge in [-0.25, -0.2) is 15.0 Å². The van der Waals surface area contributed by atoms with Crippen molar-refractivity contribution in [1.29, 1.82) is 0 Å². The van der Waals surface area contributed by atoms with Crippen molar-refractivity contribution >= 4 is 75.1 Å². The van der Waals surface area contributed by atoms with Crippen molar-refractivity contribution in [3.05, 3.63) is 64.8 Å². The number of anilines is 4. The molecule has 0 aliphatic heterocycles. The minimum absolute atomic E-state index is 0.299. The van der Waals surface area contributed by atoms with Gasteiger partial charge in [-0.2, -0.15) is 0 Å². The van der Waals surface area contributed by atoms with Gasteiger partial charge in [-0.05, 0) is 37.0 Å². The highest BCUT2D eigenvalue weighted by Crippen LogP contribution is 2.46. The number of methoxy groups -OCH3 is 2. The predicted molar refractivity (Wildman–Crippen MR) is 169 cm³/mol. The number of aryl methyl sites for hydroxylation is 1. The molecule has 4 aromatic rings. The Labute approximate surface area is 252 Å². The van der Waals surface area contributed by atoms with Gasteiger partial charge in [0.2, 0.25) is 11.9 Å². The summed E-state index contributed by atoms with van der Waals surface area (Å²) in [5.41, 5.74) is 3.64. The minimum Gasteiger partial charge on any atom is -0.495 e. The quantitative estimate of drug-likeness (QED) is 0.0802. The summed E-state index contributed by atoms with van der Waals surface area (Å²) in [6.07, 6.45) is 4.85. The van der Waals surface area contributed by atoms with E-state index in [-0.39, 0.29) is 5.91 Å². The number of hydrogen-bond donors (Lipinski definition) is 4. The average molecular weight is 615 g/mol. The van der Waals surface area contributed by atoms with Gasteiger partial charge in [0.05, 0.1) is 41.3 Å². The zero-order valence-electron chi connectivity index (χ0n) is 22.9. The molecular weight excluding hydrogens is 585 g/mol. The Morgan fingerprint density at radius 2 is 1.83 bits per heavy atom. The number of ether oxygens (including phenoxy) is 2. The molecule has 2 heterocycles. The molecule has 4 N–H and O–H groups in total. The lowest BCUT2D eigenvalue weighted by molar-refractivity contribution is -0.111. The Kier molecular flexibility index (Phi) is 10.1. The molecule has 13 heteroatoms. The maximum Gasteiger partial charge on any atom is 0.247 e. The number of pyridine rings is 1. The fraction of sp³-hybridized carbons (Fsp3) is 0.214. The molecular formula is C28H29Cl2N7O3S. The highest BCUT2D eigenvalue weighted by Gasteiger charge is 2.22. The first-order chi connectivity index (χ1) is 19.8. The molecule has 2 aromatic heterocycles. The number of nitrogens with one attached hydrogen (secondary N) is 4. The van der Waals surface area contributed by atoms with Gasteiger partial charge in [0, 0.05) is 36.3 Å². The molecule has 0 atom stereocenters. The van der Waals surface area contributed by atoms with Crippen molar-refractivity contribution in [3.63, 3.8) is 0 Å². The summed E-state index contributed by atoms with van der Waals surface area (Å²) < 4.78 is 14.1. The van der Waals surface area contributed by atoms with Gasteiger partial charge in [0.15, 0.2) is 5.82 Å². The van der Waals surface area contributed by atoms with Crippen molar-refractivity contribution in [3.8, 4) is 22.8 Å². The number of carbonyl (C=O) groups excluding carboxylic acids is 1. The predicted octanol–water partition coefficient (Wildman–Crippen LogP) is 6.47. The third-order valence-corrected chi connectivity index (χ3v) is 7.26. The number of benzene rings is 2. The first kappa shape index (κ1) is 30.2. The van der Waals surface area contributed by atoms with Gasteiger partial charge >= 0.3 is 0 Å². The van der Waals surface area contributed by atoms with E-state index in [0.29, 0.717) is 79.9 Å². The first-order valence-corrected chi connectivity index (χ1v) is 14.4. The summed E-state index contributed by atoms with van der Waals surface area (Å²) in [6, 6.07) is 8.98. The second-order valence-corrected chi connectivity index (χ2v) is 10.1. The Bertz CT molecular complexity index is 1580. The van der Waals surface area contributed by atoms with E-state index in [1.54, 1.807) is 24.4 Å². The Morgan fingerprint density at radius 1 is 1.10 bits per heavy atom. The average Bonchev–Trinajstić information content (AvgIpc) is 2.97. The lowest BCUT2D eigenvalue weighted by Crippen LogP contribution is -2.17. The standard InChI is InChI=1S/C28H29Cl2N7O3S/c1-6-21(38)34-17-9-7-8-15(2)25(17)36-28-32-14-16-12-18(35-27(26(16)37-28)31-10-11-33-41-5)22-23(29)19(39-3)13-20(40-4)24(22)30/h6-9,12-14,33H,1,10-11H2,2-5H3,(H,31,35)(H,34,38)(H,32,36,37). The lowest BCUT2D eigenvalue weighted by atomic mass is 10.1. The molecule has 0 radical (unpaired) electrons. The summed E-state index contributed by atoms with van der Waals surface area (Å²) in [5, 5.41) is 10.7. The van der Waals surface area contributed by atoms with Crippen molar-refractivity contribution < 1.29 is 14.3 Å². The molecule has 4 rings (SSSR count). The Balaban J connectivity index is 1.83. The highest BCUT2D eigenvalue weighted by molar-refractivity contribution is 7.96. The zero-order chi connectivity index (χ0) is 29.5. The molecule has 0 saturated heterocycles. The first-order valence-electron chi connectivity index (χ1n) is 12.4. The largest absolute Gasteiger partial charge is 0.495 e. The van der Waals surface area contributed by atoms with E-state index in [9.17, 15) is 4.79 Å². The van der Waals surface area contributed by atoms with Crippen LogP contribution >= 0.6 is 35.1 Å². The molecule has 0 aliphatic rings. The molecule has 2 aromatic carbocycles. The third kappa shape index (κ3) is 6.76. The molecule has 0 saturated carbocycles. The van der Waals surface area contributed by atoms with E-state index in [0.717, 1.165) is 5.56 Å². The van der Waals surface area contributed by atoms with Crippen molar-refractivity contribution in [1.82, 2.24) is 19.7 Å². The van der Waals surface area contributed by atoms with Crippen LogP contribution in [0.25, 0.3) is 22.2 Å². The molecule has 1 amide bonds. The topological polar surface area (TPSA) is 122 Å². The van der Waals surface area contributed by atoms with E-state index in [1.807, 2.05) is 25.3 Å². The number of nitrogens with zero attached hydrogens (tertiary/aromatic N) is 3. The van der Waals surface area contributed by atoms with Crippen LogP contribution in [0.5, 0.6) is 11.5 Å². The maximum absolute atomic E-state index is 12.0. The van der Waals surface area contributed by atoms with E-state index in [2.05, 4.69) is 32.2 Å². The number of hydrogen-bond acceptors (Lipinski definition) is 10. The van der Waals surface area contributed by atoms with Crippen LogP contribution in [0.15, 0.2) is 49.2 Å². The number of para-hydroxylation sites is 1. The molecule has 0 bridgehead atoms. The highest BCUT2D eigenvalue weighted by atomic mass is 35.5. The van der Waals surface area contributed by atoms with E-state index >= 15 is 0 Å². The molecule has 214 valence electrons. The lowest BCUT2D eigenvalue weighted by Gasteiger charge is -2.17. The van der Waals surface area contributed by atoms with Crippen LogP contribution in [-0.4, -0.2) is 54.4 Å². The molecule has 0 unspecified atom stereocenters. The fourth-order valence-corrected chi connectivity index (χ4v) is 5.03. The Hall–Kier alpha value is -3.77. The normalized spacial score (nSPS) is 10.8. The number of halogens is 2. The molecule has 0 aliphatic carbocycles. The van der Waals surface area contributed by atoms with Crippen LogP contribution in [0.4, 0.5) is 23.1 Å². The second kappa shape index (κ2) is 13.7. The summed E-state index contributed by atoms with van der Waals surface area (Å²) >= 11 is 14.9. The van der Waals surface area contributed by atoms with Gasteiger partial charge in [0.1, 0.15) is 17.0 Å². The van der Waals surface area contributed by atoms with Gasteiger partial charge < -0.3 is 25.4 Å². The van der Waals surface area contributed by atoms with Crippen molar-refractivity contribution in [2.24, 2.45) is 0 Å². The van der Waals surface area contributed by atoms with Crippen LogP contribution in [0, 0.1) is 6.92 Å². The van der Waals surface area contributed by atoms with Gasteiger partial charge in [-0.15, -0.1) is 0 Å². The summed E-state index contributed by atoms with van der Waals surface area (Å²) in [6.45, 7) is 6.69. The van der Waals surface area contributed by atoms with Crippen LogP contribution in [0.2, 0.25) is 10.0 Å². The van der Waals surface area contributed by atoms with Gasteiger partial charge in [0.25, 0.3) is 0 Å². The smallest absolute Gasteiger partial charge is 0.247 e. The number of carbonyl (C=O) groups is 1. The monoisotopic (exact) mass is 613 g/mol. The SMILES string of the molecule is C=CC(=O)Nc1cccc(C)c1Nc1ncc2cc(-c3c(Cl)c(OC)cc(OC)c3Cl)nc(NCCNSC)c2n1. The van der Waals surface area contributed by atoms with E-state index < -0.39 is 0 Å². The second-order valence-electron chi connectivity index (χ2n) is 8.61. The minimum atomic E-state index is -0.327. The van der Waals surface area contributed by atoms with Crippen LogP contribution in [0.1, 0.15) is 5.56 Å². The van der Waals surface area contributed by atoms with Crippen molar-refractivity contribution in [2.45, 2.75) is 6.92 Å². The van der Waals surface area contributed by atoms with E-state index in [4.69, 9.17) is 42.6 Å². The number of fused-ring (bicyclic) bond motifs is 1. The number of aromatic nitrogens is 3. The molecule has 10 nitrogen and oxygen atoms in total. The zero-order valence-corrected chi connectivity index (χ0v) is 25.2. The fourth-order valence-electron chi connectivity index (χ4n) is 4.03. The Morgan fingerprint density at radius 3 is 2.49 bits per heavy atom. The van der Waals surface area contributed by atoms with Crippen molar-refractivity contribution in [2.75, 3.05) is 49.5 Å². The molecule has 0 spiro atoms. The van der Waals surface area contributed by atoms with Crippen LogP contribution < -0.4 is 30.1 Å². The molecule has 0 fully saturated rings. The van der Waals surface area contributed by atoms with Gasteiger partial charge in [-0.1, -0.05) is 53.9 Å². The maximum atomic E-state index is 12.0. The van der Waals surface area contributed by atoms with Crippen LogP contribution in [-0.2, 0) is 4.79 Å². The molecule has 41 heavy (non-hydrogen) atoms. The summed E-state index contributed by atoms with van der Waals surface area (Å²) in [5.74, 6) is 1.30.